The molecule has 20 atom stereocenters. The van der Waals surface area contributed by atoms with Crippen molar-refractivity contribution in [3.05, 3.63) is 0 Å². The highest BCUT2D eigenvalue weighted by Crippen LogP contribution is 2.42. The minimum atomic E-state index is -0.508. The van der Waals surface area contributed by atoms with Gasteiger partial charge in [-0.2, -0.15) is 0 Å². The molecule has 4 saturated heterocycles. The summed E-state index contributed by atoms with van der Waals surface area (Å²) in [6, 6.07) is 7.18. The molecule has 0 N–H and O–H groups in total. The Hall–Kier alpha value is 5.42. The summed E-state index contributed by atoms with van der Waals surface area (Å²) in [7, 11) is 13.6. The van der Waals surface area contributed by atoms with Crippen molar-refractivity contribution in [2.24, 2.45) is 0 Å². The van der Waals surface area contributed by atoms with Crippen LogP contribution in [0.3, 0.4) is 0 Å². The second-order valence-corrected chi connectivity index (χ2v) is 169. The van der Waals surface area contributed by atoms with Gasteiger partial charge in [-0.1, -0.05) is 164 Å². The fourth-order valence-electron chi connectivity index (χ4n) is 14.0. The molecule has 0 aliphatic carbocycles. The lowest BCUT2D eigenvalue weighted by Gasteiger charge is -2.50. The number of hydrogen-bond donors (Lipinski definition) is 0. The molecule has 0 saturated carbocycles. The van der Waals surface area contributed by atoms with Crippen LogP contribution in [0.5, 0.6) is 0 Å². The molecule has 4 heterocycles. The van der Waals surface area contributed by atoms with Gasteiger partial charge in [-0.3, -0.25) is 0 Å². The molecule has 4 aliphatic heterocycles. The molecule has 4 rings (SSSR count). The van der Waals surface area contributed by atoms with Gasteiger partial charge in [-0.15, -0.1) is 0 Å². The minimum absolute atomic E-state index is 0.00960. The minimum Gasteiger partial charge on any atom is -0.0773 e. The standard InChI is InChI=1S/2C7H28Si7.C7H26Si6.C6H22Si5/c1-10-13-12(3)5-6(8)7(9)14(13,4)11-2;1-11-14(5-8)7(10)6(9)4-12(2)13(14)3;1-10-13(4)7(9)6(8)5-11(2)12(13)3;1-9-4-5(7)6(8)10(2)11(9)3/h6-7,12-13H,5,10-11H2,1-4,8-9H3;6-7,12-13H,4-5,11H2,1-3,8-10H3;6-7,11-12H,5,10H2,1-4,8-9H3;5-6,9-11H,4H2,1-3,7-8H3. The lowest BCUT2D eigenvalue weighted by atomic mass is 10.5. The molecule has 25 heteroatoms. The average Bonchev–Trinajstić information content (AvgIpc) is 3.11. The van der Waals surface area contributed by atoms with Gasteiger partial charge in [0.05, 0.1) is 0 Å². The Morgan fingerprint density at radius 2 is 0.923 bits per heavy atom. The normalized spacial score (nSPS) is 52.2. The third kappa shape index (κ3) is 13.2. The Balaban J connectivity index is 0.000000348. The second-order valence-electron chi connectivity index (χ2n) is 22.0. The van der Waals surface area contributed by atoms with Gasteiger partial charge >= 0.3 is 0 Å². The molecular formula is C27H104Si25. The Labute approximate surface area is 381 Å². The third-order valence-electron chi connectivity index (χ3n) is 20.4. The van der Waals surface area contributed by atoms with Crippen LogP contribution in [0.25, 0.3) is 0 Å². The van der Waals surface area contributed by atoms with Crippen molar-refractivity contribution < 1.29 is 0 Å². The van der Waals surface area contributed by atoms with E-state index in [2.05, 4.69) is 91.7 Å². The summed E-state index contributed by atoms with van der Waals surface area (Å²) >= 11 is 0. The van der Waals surface area contributed by atoms with Crippen LogP contribution in [0, 0.1) is 0 Å². The Morgan fingerprint density at radius 3 is 1.35 bits per heavy atom. The van der Waals surface area contributed by atoms with Crippen molar-refractivity contribution in [3.63, 3.8) is 0 Å². The zero-order valence-electron chi connectivity index (χ0n) is 40.7. The van der Waals surface area contributed by atoms with E-state index < -0.39 is 21.3 Å². The predicted octanol–water partition coefficient (Wildman–Crippen LogP) is -8.12. The van der Waals surface area contributed by atoms with E-state index in [9.17, 15) is 0 Å². The maximum Gasteiger partial charge on any atom is 0.0253 e. The van der Waals surface area contributed by atoms with Crippen molar-refractivity contribution in [3.8, 4) is 0 Å². The fourth-order valence-corrected chi connectivity index (χ4v) is 376. The molecule has 0 bridgehead atoms. The van der Waals surface area contributed by atoms with E-state index in [4.69, 9.17) is 0 Å². The Bertz CT molecular complexity index is 980. The smallest absolute Gasteiger partial charge is 0.0253 e. The lowest BCUT2D eigenvalue weighted by Crippen LogP contribution is -2.69. The first-order valence-electron chi connectivity index (χ1n) is 23.9. The second kappa shape index (κ2) is 24.9. The zero-order chi connectivity index (χ0) is 40.7. The summed E-state index contributed by atoms with van der Waals surface area (Å²) in [5.41, 5.74) is 7.12. The molecule has 52 heavy (non-hydrogen) atoms. The molecule has 4 aliphatic rings. The van der Waals surface area contributed by atoms with Gasteiger partial charge in [-0.25, -0.2) is 0 Å². The van der Waals surface area contributed by atoms with Gasteiger partial charge in [0.15, 0.2) is 0 Å². The summed E-state index contributed by atoms with van der Waals surface area (Å²) in [6.45, 7) is 38.5. The van der Waals surface area contributed by atoms with Gasteiger partial charge in [0.25, 0.3) is 0 Å². The SMILES string of the molecule is C[SiH2][SiH]1[SiH](C)CC([SiH3])C([SiH3])[Si]1(C)[SiH2]C.C[SiH2][Si]1(C)C([SiH3])C([SiH3])C[SiH](C)[SiH]1C.C[SiH2][Si]1(C[SiH3])C([SiH3])C([SiH3])C[SiH](C)[SiH]1C.C[SiH]1CC([SiH3])C([SiH3])[SiH](C)[SiH]1C. The molecule has 0 aromatic heterocycles. The lowest BCUT2D eigenvalue weighted by molar-refractivity contribution is 0.974. The van der Waals surface area contributed by atoms with Crippen LogP contribution in [0.15, 0.2) is 0 Å². The molecule has 0 amide bonds. The van der Waals surface area contributed by atoms with Gasteiger partial charge in [0.1, 0.15) is 0 Å². The maximum atomic E-state index is 2.91. The van der Waals surface area contributed by atoms with Crippen LogP contribution in [0.4, 0.5) is 0 Å². The highest BCUT2D eigenvalue weighted by molar-refractivity contribution is 7.82. The molecule has 0 aromatic rings. The highest BCUT2D eigenvalue weighted by atomic mass is 30.0. The summed E-state index contributed by atoms with van der Waals surface area (Å²) in [4.78, 5) is 0. The molecule has 312 valence electrons. The topological polar surface area (TPSA) is 0 Å². The van der Waals surface area contributed by atoms with E-state index in [1.54, 1.807) is 89.8 Å². The molecule has 0 spiro atoms. The highest BCUT2D eigenvalue weighted by Gasteiger charge is 2.50. The summed E-state index contributed by atoms with van der Waals surface area (Å²) < 4.78 is 0. The van der Waals surface area contributed by atoms with E-state index in [1.165, 1.54) is 63.3 Å². The maximum absolute atomic E-state index is 2.91. The first kappa shape index (κ1) is 55.4. The first-order chi connectivity index (χ1) is 23.9. The molecule has 0 radical (unpaired) electrons. The van der Waals surface area contributed by atoms with Crippen LogP contribution in [-0.4, -0.2) is 222 Å². The van der Waals surface area contributed by atoms with Crippen LogP contribution in [0.1, 0.15) is 0 Å². The average molecular weight is 1130 g/mol. The zero-order valence-corrected chi connectivity index (χ0v) is 77.7. The van der Waals surface area contributed by atoms with Crippen LogP contribution in [-0.2, 0) is 0 Å². The predicted molar refractivity (Wildman–Crippen MR) is 341 cm³/mol. The number of rotatable bonds is 5. The fraction of sp³-hybridized carbons (Fsp3) is 1.00. The molecule has 4 fully saturated rings. The largest absolute Gasteiger partial charge is 0.0773 e. The molecular weight excluding hydrogens is 1030 g/mol. The van der Waals surface area contributed by atoms with E-state index >= 15 is 0 Å². The molecule has 0 nitrogen and oxygen atoms in total. The van der Waals surface area contributed by atoms with Crippen molar-refractivity contribution >= 4 is 222 Å². The molecule has 0 aromatic carbocycles. The van der Waals surface area contributed by atoms with Crippen LogP contribution in [0.2, 0.25) is 164 Å². The summed E-state index contributed by atoms with van der Waals surface area (Å²) in [5, 5.41) is 5.63. The van der Waals surface area contributed by atoms with Gasteiger partial charge in [-0.05, 0) is 10.2 Å². The van der Waals surface area contributed by atoms with E-state index in [-0.39, 0.29) is 72.4 Å². The Morgan fingerprint density at radius 1 is 0.519 bits per heavy atom. The van der Waals surface area contributed by atoms with Crippen LogP contribution < -0.4 is 0 Å². The van der Waals surface area contributed by atoms with Gasteiger partial charge < -0.3 is 0 Å². The van der Waals surface area contributed by atoms with Crippen molar-refractivity contribution in [1.82, 2.24) is 0 Å². The first-order valence-corrected chi connectivity index (χ1v) is 89.9. The quantitative estimate of drug-likeness (QED) is 0.241. The van der Waals surface area contributed by atoms with Gasteiger partial charge in [0, 0.05) is 212 Å². The summed E-state index contributed by atoms with van der Waals surface area (Å²) in [5.74, 6) is 0. The van der Waals surface area contributed by atoms with Crippen molar-refractivity contribution in [2.45, 2.75) is 164 Å². The van der Waals surface area contributed by atoms with E-state index in [0.717, 1.165) is 0 Å². The van der Waals surface area contributed by atoms with E-state index in [1.807, 2.05) is 11.7 Å². The van der Waals surface area contributed by atoms with Gasteiger partial charge in [0.2, 0.25) is 0 Å². The summed E-state index contributed by atoms with van der Waals surface area (Å²) in [6.07, 6.45) is 0. The van der Waals surface area contributed by atoms with Crippen molar-refractivity contribution in [1.29, 1.82) is 0 Å². The van der Waals surface area contributed by atoms with Crippen LogP contribution >= 0.6 is 0 Å². The molecule has 20 unspecified atom stereocenters. The van der Waals surface area contributed by atoms with Crippen molar-refractivity contribution in [2.75, 3.05) is 0 Å². The monoisotopic (exact) mass is 1130 g/mol. The Kier molecular flexibility index (Phi) is 26.6. The third-order valence-corrected chi connectivity index (χ3v) is 310. The van der Waals surface area contributed by atoms with E-state index in [0.29, 0.717) is 36.1 Å². The number of hydrogen-bond acceptors (Lipinski definition) is 0.